The number of rotatable bonds is 2. The van der Waals surface area contributed by atoms with Crippen LogP contribution in [0.1, 0.15) is 13.8 Å². The molecule has 0 saturated carbocycles. The minimum absolute atomic E-state index is 0.705. The van der Waals surface area contributed by atoms with E-state index in [1.54, 1.807) is 11.1 Å². The lowest BCUT2D eigenvalue weighted by Gasteiger charge is -2.38. The van der Waals surface area contributed by atoms with Gasteiger partial charge in [0, 0.05) is 45.3 Å². The van der Waals surface area contributed by atoms with Gasteiger partial charge in [-0.25, -0.2) is 0 Å². The zero-order valence-corrected chi connectivity index (χ0v) is 10.2. The van der Waals surface area contributed by atoms with Gasteiger partial charge in [0.1, 0.15) is 0 Å². The van der Waals surface area contributed by atoms with E-state index in [2.05, 4.69) is 36.0 Å². The number of likely N-dealkylation sites (N-methyl/N-ethyl adjacent to an activating group) is 1. The van der Waals surface area contributed by atoms with Crippen molar-refractivity contribution in [2.45, 2.75) is 19.9 Å². The van der Waals surface area contributed by atoms with Gasteiger partial charge in [0.15, 0.2) is 0 Å². The van der Waals surface area contributed by atoms with Gasteiger partial charge in [0.25, 0.3) is 0 Å². The van der Waals surface area contributed by atoms with Gasteiger partial charge >= 0.3 is 0 Å². The number of nitrogens with zero attached hydrogens (tertiary/aromatic N) is 2. The molecule has 2 rings (SSSR count). The Labute approximate surface area is 93.1 Å². The van der Waals surface area contributed by atoms with E-state index in [1.807, 2.05) is 0 Å². The van der Waals surface area contributed by atoms with E-state index >= 15 is 0 Å². The van der Waals surface area contributed by atoms with E-state index in [9.17, 15) is 0 Å². The summed E-state index contributed by atoms with van der Waals surface area (Å²) in [6, 6.07) is 0.705. The predicted molar refractivity (Wildman–Crippen MR) is 64.1 cm³/mol. The minimum Gasteiger partial charge on any atom is -0.309 e. The van der Waals surface area contributed by atoms with Gasteiger partial charge in [-0.3, -0.25) is 4.90 Å². The van der Waals surface area contributed by atoms with Crippen LogP contribution in [-0.2, 0) is 0 Å². The standard InChI is InChI=1S/C12H23N3/c1-10(12-6-13-7-12)8-15-5-4-14(3)11(2)9-15/h11,13H,4-9H2,1-3H3. The van der Waals surface area contributed by atoms with E-state index in [0.717, 1.165) is 13.1 Å². The largest absolute Gasteiger partial charge is 0.309 e. The molecule has 1 N–H and O–H groups in total. The Morgan fingerprint density at radius 2 is 2.13 bits per heavy atom. The molecule has 2 fully saturated rings. The van der Waals surface area contributed by atoms with Crippen LogP contribution in [0, 0.1) is 0 Å². The quantitative estimate of drug-likeness (QED) is 0.670. The molecule has 0 spiro atoms. The van der Waals surface area contributed by atoms with Crippen molar-refractivity contribution >= 4 is 0 Å². The number of nitrogens with one attached hydrogen (secondary N) is 1. The van der Waals surface area contributed by atoms with Crippen LogP contribution in [0.3, 0.4) is 0 Å². The lowest BCUT2D eigenvalue weighted by molar-refractivity contribution is 0.112. The summed E-state index contributed by atoms with van der Waals surface area (Å²) in [5, 5.41) is 3.31. The molecule has 0 aromatic heterocycles. The maximum atomic E-state index is 3.31. The fourth-order valence-electron chi connectivity index (χ4n) is 2.27. The number of hydrogen-bond donors (Lipinski definition) is 1. The Morgan fingerprint density at radius 1 is 1.40 bits per heavy atom. The first-order valence-corrected chi connectivity index (χ1v) is 5.97. The molecule has 0 aromatic carbocycles. The van der Waals surface area contributed by atoms with E-state index in [1.165, 1.54) is 26.2 Å². The van der Waals surface area contributed by atoms with Gasteiger partial charge < -0.3 is 10.2 Å². The fraction of sp³-hybridized carbons (Fsp3) is 0.833. The molecule has 15 heavy (non-hydrogen) atoms. The van der Waals surface area contributed by atoms with Crippen molar-refractivity contribution in [3.05, 3.63) is 11.1 Å². The first-order valence-electron chi connectivity index (χ1n) is 5.97. The highest BCUT2D eigenvalue weighted by Crippen LogP contribution is 2.13. The molecular formula is C12H23N3. The van der Waals surface area contributed by atoms with Crippen molar-refractivity contribution in [2.75, 3.05) is 46.3 Å². The minimum atomic E-state index is 0.705. The second kappa shape index (κ2) is 4.64. The van der Waals surface area contributed by atoms with Crippen LogP contribution in [0.25, 0.3) is 0 Å². The highest BCUT2D eigenvalue weighted by atomic mass is 15.3. The highest BCUT2D eigenvalue weighted by Gasteiger charge is 2.21. The Balaban J connectivity index is 1.85. The predicted octanol–water partition coefficient (Wildman–Crippen LogP) is 0.542. The molecular weight excluding hydrogens is 186 g/mol. The Kier molecular flexibility index (Phi) is 3.44. The van der Waals surface area contributed by atoms with E-state index in [-0.39, 0.29) is 0 Å². The van der Waals surface area contributed by atoms with Crippen LogP contribution in [0.5, 0.6) is 0 Å². The maximum Gasteiger partial charge on any atom is 0.0194 e. The number of piperazine rings is 1. The summed E-state index contributed by atoms with van der Waals surface area (Å²) in [5.74, 6) is 0. The maximum absolute atomic E-state index is 3.31. The van der Waals surface area contributed by atoms with Gasteiger partial charge in [0.05, 0.1) is 0 Å². The van der Waals surface area contributed by atoms with Crippen LogP contribution in [0.15, 0.2) is 11.1 Å². The summed E-state index contributed by atoms with van der Waals surface area (Å²) in [7, 11) is 2.23. The molecule has 1 unspecified atom stereocenters. The normalized spacial score (nSPS) is 29.0. The van der Waals surface area contributed by atoms with Crippen LogP contribution >= 0.6 is 0 Å². The second-order valence-corrected chi connectivity index (χ2v) is 5.05. The molecule has 3 nitrogen and oxygen atoms in total. The molecule has 3 heteroatoms. The van der Waals surface area contributed by atoms with Crippen LogP contribution in [-0.4, -0.2) is 62.2 Å². The first-order chi connectivity index (χ1) is 7.16. The monoisotopic (exact) mass is 209 g/mol. The fourth-order valence-corrected chi connectivity index (χ4v) is 2.27. The average molecular weight is 209 g/mol. The summed E-state index contributed by atoms with van der Waals surface area (Å²) < 4.78 is 0. The van der Waals surface area contributed by atoms with Crippen LogP contribution < -0.4 is 5.32 Å². The van der Waals surface area contributed by atoms with Gasteiger partial charge in [-0.15, -0.1) is 0 Å². The number of hydrogen-bond acceptors (Lipinski definition) is 3. The molecule has 0 aliphatic carbocycles. The third-order valence-corrected chi connectivity index (χ3v) is 3.78. The summed E-state index contributed by atoms with van der Waals surface area (Å²) in [5.41, 5.74) is 3.21. The van der Waals surface area contributed by atoms with Crippen molar-refractivity contribution < 1.29 is 0 Å². The Morgan fingerprint density at radius 3 is 2.67 bits per heavy atom. The van der Waals surface area contributed by atoms with E-state index in [0.29, 0.717) is 6.04 Å². The molecule has 2 heterocycles. The van der Waals surface area contributed by atoms with Gasteiger partial charge in [-0.2, -0.15) is 0 Å². The third kappa shape index (κ3) is 2.60. The third-order valence-electron chi connectivity index (χ3n) is 3.78. The lowest BCUT2D eigenvalue weighted by Crippen LogP contribution is -2.50. The van der Waals surface area contributed by atoms with E-state index in [4.69, 9.17) is 0 Å². The smallest absolute Gasteiger partial charge is 0.0194 e. The highest BCUT2D eigenvalue weighted by molar-refractivity contribution is 5.22. The van der Waals surface area contributed by atoms with Gasteiger partial charge in [-0.05, 0) is 26.5 Å². The SMILES string of the molecule is CC(CN1CCN(C)C(C)C1)=C1CNC1. The van der Waals surface area contributed by atoms with Crippen LogP contribution in [0.2, 0.25) is 0 Å². The van der Waals surface area contributed by atoms with Crippen molar-refractivity contribution in [3.8, 4) is 0 Å². The molecule has 2 aliphatic heterocycles. The zero-order chi connectivity index (χ0) is 10.8. The topological polar surface area (TPSA) is 18.5 Å². The molecule has 2 aliphatic rings. The van der Waals surface area contributed by atoms with Crippen molar-refractivity contribution in [3.63, 3.8) is 0 Å². The van der Waals surface area contributed by atoms with Gasteiger partial charge in [0.2, 0.25) is 0 Å². The van der Waals surface area contributed by atoms with E-state index < -0.39 is 0 Å². The second-order valence-electron chi connectivity index (χ2n) is 5.05. The van der Waals surface area contributed by atoms with Crippen molar-refractivity contribution in [1.29, 1.82) is 0 Å². The summed E-state index contributed by atoms with van der Waals surface area (Å²) in [4.78, 5) is 5.04. The molecule has 1 atom stereocenters. The summed E-state index contributed by atoms with van der Waals surface area (Å²) in [6.07, 6.45) is 0. The Hall–Kier alpha value is -0.380. The molecule has 0 bridgehead atoms. The molecule has 0 aromatic rings. The molecule has 0 radical (unpaired) electrons. The molecule has 86 valence electrons. The Bertz CT molecular complexity index is 254. The summed E-state index contributed by atoms with van der Waals surface area (Å²) in [6.45, 7) is 11.7. The average Bonchev–Trinajstić information content (AvgIpc) is 2.08. The molecule has 2 saturated heterocycles. The van der Waals surface area contributed by atoms with Gasteiger partial charge in [-0.1, -0.05) is 5.57 Å². The first kappa shape index (κ1) is 11.1. The van der Waals surface area contributed by atoms with Crippen molar-refractivity contribution in [2.24, 2.45) is 0 Å². The molecule has 0 amide bonds. The van der Waals surface area contributed by atoms with Crippen LogP contribution in [0.4, 0.5) is 0 Å². The van der Waals surface area contributed by atoms with Crippen molar-refractivity contribution in [1.82, 2.24) is 15.1 Å². The zero-order valence-electron chi connectivity index (χ0n) is 10.2. The summed E-state index contributed by atoms with van der Waals surface area (Å²) >= 11 is 0. The lowest BCUT2D eigenvalue weighted by atomic mass is 10.0.